The number of ether oxygens (including phenoxy) is 3. The summed E-state index contributed by atoms with van der Waals surface area (Å²) in [7, 11) is 1.29. The van der Waals surface area contributed by atoms with Gasteiger partial charge in [-0.05, 0) is 19.3 Å². The summed E-state index contributed by atoms with van der Waals surface area (Å²) in [6.45, 7) is 4.40. The molecule has 0 radical (unpaired) electrons. The third-order valence-electron chi connectivity index (χ3n) is 5.47. The van der Waals surface area contributed by atoms with Crippen LogP contribution in [0.25, 0.3) is 0 Å². The number of carbonyl (C=O) groups excluding carboxylic acids is 4. The highest BCUT2D eigenvalue weighted by molar-refractivity contribution is 5.91. The molecule has 7 heteroatoms. The van der Waals surface area contributed by atoms with Gasteiger partial charge in [0.1, 0.15) is 11.9 Å². The van der Waals surface area contributed by atoms with Gasteiger partial charge in [0.05, 0.1) is 13.0 Å². The fourth-order valence-electron chi connectivity index (χ4n) is 4.62. The lowest BCUT2D eigenvalue weighted by Crippen LogP contribution is -2.41. The van der Waals surface area contributed by atoms with Crippen LogP contribution < -0.4 is 0 Å². The SMILES string of the molecule is C=C(C)C(=O)OCC(=O)OC1C2CC(=O)C3C2CC1C3C(=O)OC. The first kappa shape index (κ1) is 16.7. The van der Waals surface area contributed by atoms with Gasteiger partial charge >= 0.3 is 17.9 Å². The molecule has 0 aromatic rings. The molecule has 0 amide bonds. The number of rotatable bonds is 5. The Kier molecular flexibility index (Phi) is 4.19. The molecule has 3 rings (SSSR count). The largest absolute Gasteiger partial charge is 0.469 e. The van der Waals surface area contributed by atoms with E-state index < -0.39 is 36.5 Å². The lowest BCUT2D eigenvalue weighted by molar-refractivity contribution is -0.169. The second-order valence-corrected chi connectivity index (χ2v) is 6.78. The van der Waals surface area contributed by atoms with Crippen molar-refractivity contribution < 1.29 is 33.4 Å². The summed E-state index contributed by atoms with van der Waals surface area (Å²) in [4.78, 5) is 47.6. The lowest BCUT2D eigenvalue weighted by Gasteiger charge is -2.32. The van der Waals surface area contributed by atoms with Crippen LogP contribution in [-0.2, 0) is 33.4 Å². The van der Waals surface area contributed by atoms with E-state index in [0.29, 0.717) is 12.8 Å². The van der Waals surface area contributed by atoms with E-state index in [9.17, 15) is 19.2 Å². The molecular formula is C17H20O7. The molecule has 2 bridgehead atoms. The molecule has 6 atom stereocenters. The molecular weight excluding hydrogens is 316 g/mol. The van der Waals surface area contributed by atoms with E-state index in [1.165, 1.54) is 14.0 Å². The Labute approximate surface area is 139 Å². The molecule has 0 saturated heterocycles. The van der Waals surface area contributed by atoms with Crippen LogP contribution in [0.4, 0.5) is 0 Å². The fraction of sp³-hybridized carbons (Fsp3) is 0.647. The maximum atomic E-state index is 12.2. The van der Waals surface area contributed by atoms with Crippen LogP contribution in [0.5, 0.6) is 0 Å². The van der Waals surface area contributed by atoms with E-state index in [-0.39, 0.29) is 35.0 Å². The van der Waals surface area contributed by atoms with Gasteiger partial charge in [0.25, 0.3) is 0 Å². The number of Topliss-reactive ketones (excluding diaryl/α,β-unsaturated/α-hetero) is 1. The predicted molar refractivity (Wildman–Crippen MR) is 79.4 cm³/mol. The first-order valence-electron chi connectivity index (χ1n) is 7.97. The summed E-state index contributed by atoms with van der Waals surface area (Å²) in [6, 6.07) is 0. The zero-order valence-corrected chi connectivity index (χ0v) is 13.7. The summed E-state index contributed by atoms with van der Waals surface area (Å²) in [5.41, 5.74) is 0.192. The Bertz CT molecular complexity index is 622. The van der Waals surface area contributed by atoms with Crippen LogP contribution in [0.1, 0.15) is 19.8 Å². The minimum Gasteiger partial charge on any atom is -0.469 e. The van der Waals surface area contributed by atoms with Crippen LogP contribution in [-0.4, -0.2) is 43.5 Å². The smallest absolute Gasteiger partial charge is 0.344 e. The number of fused-ring (bicyclic) bond motifs is 1. The molecule has 6 unspecified atom stereocenters. The van der Waals surface area contributed by atoms with Crippen molar-refractivity contribution in [2.75, 3.05) is 13.7 Å². The molecule has 3 aliphatic carbocycles. The highest BCUT2D eigenvalue weighted by Crippen LogP contribution is 2.62. The number of carbonyl (C=O) groups is 4. The van der Waals surface area contributed by atoms with Crippen molar-refractivity contribution in [1.29, 1.82) is 0 Å². The number of esters is 3. The van der Waals surface area contributed by atoms with Crippen molar-refractivity contribution in [3.05, 3.63) is 12.2 Å². The molecule has 130 valence electrons. The molecule has 0 aromatic heterocycles. The quantitative estimate of drug-likeness (QED) is 0.413. The van der Waals surface area contributed by atoms with Gasteiger partial charge in [0, 0.05) is 29.7 Å². The average molecular weight is 336 g/mol. The number of ketones is 1. The Balaban J connectivity index is 1.68. The van der Waals surface area contributed by atoms with Crippen LogP contribution >= 0.6 is 0 Å². The number of hydrogen-bond donors (Lipinski definition) is 0. The Morgan fingerprint density at radius 2 is 1.92 bits per heavy atom. The third-order valence-corrected chi connectivity index (χ3v) is 5.47. The van der Waals surface area contributed by atoms with E-state index in [1.54, 1.807) is 0 Å². The minimum absolute atomic E-state index is 0.0470. The highest BCUT2D eigenvalue weighted by atomic mass is 16.6. The zero-order chi connectivity index (χ0) is 17.6. The lowest BCUT2D eigenvalue weighted by atomic mass is 9.78. The van der Waals surface area contributed by atoms with E-state index in [1.807, 2.05) is 0 Å². The summed E-state index contributed by atoms with van der Waals surface area (Å²) in [5, 5.41) is 0. The number of methoxy groups -OCH3 is 1. The summed E-state index contributed by atoms with van der Waals surface area (Å²) >= 11 is 0. The van der Waals surface area contributed by atoms with E-state index in [0.717, 1.165) is 0 Å². The molecule has 0 aliphatic heterocycles. The Morgan fingerprint density at radius 1 is 1.21 bits per heavy atom. The number of hydrogen-bond acceptors (Lipinski definition) is 7. The van der Waals surface area contributed by atoms with Gasteiger partial charge in [-0.1, -0.05) is 6.58 Å². The molecule has 3 fully saturated rings. The molecule has 24 heavy (non-hydrogen) atoms. The van der Waals surface area contributed by atoms with E-state index in [2.05, 4.69) is 6.58 Å². The molecule has 3 aliphatic rings. The Hall–Kier alpha value is -2.18. The van der Waals surface area contributed by atoms with Crippen LogP contribution in [0.3, 0.4) is 0 Å². The van der Waals surface area contributed by atoms with Gasteiger partial charge in [-0.2, -0.15) is 0 Å². The second-order valence-electron chi connectivity index (χ2n) is 6.78. The Morgan fingerprint density at radius 3 is 2.54 bits per heavy atom. The molecule has 0 N–H and O–H groups in total. The van der Waals surface area contributed by atoms with Crippen molar-refractivity contribution in [2.45, 2.75) is 25.9 Å². The topological polar surface area (TPSA) is 96.0 Å². The van der Waals surface area contributed by atoms with Gasteiger partial charge < -0.3 is 14.2 Å². The van der Waals surface area contributed by atoms with Crippen molar-refractivity contribution >= 4 is 23.7 Å². The van der Waals surface area contributed by atoms with Crippen molar-refractivity contribution in [1.82, 2.24) is 0 Å². The standard InChI is InChI=1S/C17H20O7/c1-7(2)16(20)23-6-12(19)24-15-9-5-11(18)13-8(9)4-10(15)14(13)17(21)22-3/h8-10,13-15H,1,4-6H2,2-3H3. The van der Waals surface area contributed by atoms with Crippen molar-refractivity contribution in [2.24, 2.45) is 29.6 Å². The van der Waals surface area contributed by atoms with Gasteiger partial charge in [0.15, 0.2) is 6.61 Å². The fourth-order valence-corrected chi connectivity index (χ4v) is 4.62. The third kappa shape index (κ3) is 2.52. The van der Waals surface area contributed by atoms with Crippen molar-refractivity contribution in [3.8, 4) is 0 Å². The maximum Gasteiger partial charge on any atom is 0.344 e. The predicted octanol–water partition coefficient (Wildman–Crippen LogP) is 0.662. The van der Waals surface area contributed by atoms with Crippen molar-refractivity contribution in [3.63, 3.8) is 0 Å². The summed E-state index contributed by atoms with van der Waals surface area (Å²) in [6.07, 6.45) is 0.505. The normalized spacial score (nSPS) is 35.7. The minimum atomic E-state index is -0.679. The highest BCUT2D eigenvalue weighted by Gasteiger charge is 2.67. The van der Waals surface area contributed by atoms with Gasteiger partial charge in [-0.25, -0.2) is 9.59 Å². The monoisotopic (exact) mass is 336 g/mol. The maximum absolute atomic E-state index is 12.2. The molecule has 7 nitrogen and oxygen atoms in total. The van der Waals surface area contributed by atoms with E-state index in [4.69, 9.17) is 14.2 Å². The van der Waals surface area contributed by atoms with Gasteiger partial charge in [0.2, 0.25) is 0 Å². The van der Waals surface area contributed by atoms with Crippen LogP contribution in [0, 0.1) is 29.6 Å². The summed E-state index contributed by atoms with van der Waals surface area (Å²) in [5.74, 6) is -2.73. The van der Waals surface area contributed by atoms with Crippen LogP contribution in [0.2, 0.25) is 0 Å². The van der Waals surface area contributed by atoms with Gasteiger partial charge in [-0.15, -0.1) is 0 Å². The summed E-state index contributed by atoms with van der Waals surface area (Å²) < 4.78 is 15.1. The van der Waals surface area contributed by atoms with Crippen LogP contribution in [0.15, 0.2) is 12.2 Å². The van der Waals surface area contributed by atoms with E-state index >= 15 is 0 Å². The van der Waals surface area contributed by atoms with Gasteiger partial charge in [-0.3, -0.25) is 9.59 Å². The molecule has 3 saturated carbocycles. The average Bonchev–Trinajstić information content (AvgIpc) is 3.15. The first-order valence-corrected chi connectivity index (χ1v) is 7.97. The molecule has 0 aromatic carbocycles. The second kappa shape index (κ2) is 6.03. The zero-order valence-electron chi connectivity index (χ0n) is 13.7. The molecule has 0 spiro atoms. The first-order chi connectivity index (χ1) is 11.3. The molecule has 0 heterocycles.